The number of hydrogen-bond donors (Lipinski definition) is 0. The Balaban J connectivity index is 1.44. The van der Waals surface area contributed by atoms with Gasteiger partial charge in [-0.05, 0) is 94.4 Å². The van der Waals surface area contributed by atoms with Crippen molar-refractivity contribution in [2.45, 2.75) is 137 Å². The van der Waals surface area contributed by atoms with Gasteiger partial charge in [0.25, 0.3) is 0 Å². The van der Waals surface area contributed by atoms with Crippen molar-refractivity contribution >= 4 is 5.71 Å². The Morgan fingerprint density at radius 1 is 0.846 bits per heavy atom. The molecule has 3 fully saturated rings. The largest absolute Gasteiger partial charge is 0.371 e. The maximum absolute atomic E-state index is 15.9. The predicted octanol–water partition coefficient (Wildman–Crippen LogP) is 9.53. The highest BCUT2D eigenvalue weighted by Crippen LogP contribution is 2.55. The lowest BCUT2D eigenvalue weighted by atomic mass is 9.66. The Hall–Kier alpha value is -1.64. The van der Waals surface area contributed by atoms with E-state index in [9.17, 15) is 0 Å². The van der Waals surface area contributed by atoms with Crippen LogP contribution in [0.4, 0.5) is 4.39 Å². The molecule has 0 aromatic heterocycles. The molecule has 6 atom stereocenters. The van der Waals surface area contributed by atoms with Gasteiger partial charge in [0, 0.05) is 48.5 Å². The summed E-state index contributed by atoms with van der Waals surface area (Å²) in [5, 5.41) is 0. The van der Waals surface area contributed by atoms with Crippen LogP contribution in [0.15, 0.2) is 47.0 Å². The summed E-state index contributed by atoms with van der Waals surface area (Å²) in [5.41, 5.74) is 5.18. The first-order valence-corrected chi connectivity index (χ1v) is 16.7. The minimum atomic E-state index is 0.0380. The third kappa shape index (κ3) is 4.82. The molecule has 0 radical (unpaired) electrons. The Kier molecular flexibility index (Phi) is 8.65. The molecule has 0 spiro atoms. The van der Waals surface area contributed by atoms with Gasteiger partial charge in [0.15, 0.2) is 11.8 Å². The van der Waals surface area contributed by atoms with Crippen molar-refractivity contribution in [3.05, 3.63) is 47.0 Å². The lowest BCUT2D eigenvalue weighted by molar-refractivity contribution is -0.566. The van der Waals surface area contributed by atoms with Crippen molar-refractivity contribution in [1.29, 1.82) is 0 Å². The minimum absolute atomic E-state index is 0.0380. The van der Waals surface area contributed by atoms with Gasteiger partial charge in [0.2, 0.25) is 0 Å². The number of hydrogen-bond acceptors (Lipinski definition) is 1. The van der Waals surface area contributed by atoms with Gasteiger partial charge in [-0.15, -0.1) is 0 Å². The standard InChI is InChI=1S/C36H56FN2/c1-7-25-39-31-18-14-12-16-29(31)36(6,9-3)33(39)24-22-27-20-19-26(34(27)37)21-23-32-35(5,8-2)28-15-11-13-17-30(28)38(32)10-4/h21-24,28-31H,7-20,25H2,1-6H3/q+1. The molecule has 3 heteroatoms. The Morgan fingerprint density at radius 3 is 2.23 bits per heavy atom. The first-order chi connectivity index (χ1) is 18.8. The fraction of sp³-hybridized carbons (Fsp3) is 0.750. The van der Waals surface area contributed by atoms with E-state index < -0.39 is 0 Å². The third-order valence-electron chi connectivity index (χ3n) is 12.1. The highest BCUT2D eigenvalue weighted by molar-refractivity contribution is 5.97. The van der Waals surface area contributed by atoms with E-state index >= 15 is 4.39 Å². The van der Waals surface area contributed by atoms with Crippen molar-refractivity contribution in [2.24, 2.45) is 22.7 Å². The van der Waals surface area contributed by atoms with Gasteiger partial charge in [-0.3, -0.25) is 0 Å². The van der Waals surface area contributed by atoms with E-state index in [1.807, 2.05) is 0 Å². The number of allylic oxidation sites excluding steroid dienone is 8. The van der Waals surface area contributed by atoms with E-state index in [4.69, 9.17) is 0 Å². The molecule has 0 bridgehead atoms. The second kappa shape index (κ2) is 11.7. The van der Waals surface area contributed by atoms with Gasteiger partial charge in [-0.25, -0.2) is 8.97 Å². The monoisotopic (exact) mass is 535 g/mol. The van der Waals surface area contributed by atoms with Crippen LogP contribution in [-0.4, -0.2) is 40.4 Å². The molecule has 2 nitrogen and oxygen atoms in total. The molecule has 0 aromatic carbocycles. The molecule has 0 aromatic rings. The van der Waals surface area contributed by atoms with Gasteiger partial charge in [0.05, 0.1) is 5.41 Å². The van der Waals surface area contributed by atoms with Crippen LogP contribution in [0.3, 0.4) is 0 Å². The molecule has 2 saturated carbocycles. The van der Waals surface area contributed by atoms with Crippen LogP contribution < -0.4 is 0 Å². The lowest BCUT2D eigenvalue weighted by Crippen LogP contribution is -2.36. The van der Waals surface area contributed by atoms with Crippen LogP contribution >= 0.6 is 0 Å². The van der Waals surface area contributed by atoms with E-state index in [1.54, 1.807) is 0 Å². The Morgan fingerprint density at radius 2 is 1.54 bits per heavy atom. The summed E-state index contributed by atoms with van der Waals surface area (Å²) in [7, 11) is 0. The molecule has 39 heavy (non-hydrogen) atoms. The molecule has 2 heterocycles. The molecule has 2 aliphatic heterocycles. The zero-order valence-electron chi connectivity index (χ0n) is 26.0. The van der Waals surface area contributed by atoms with E-state index in [0.717, 1.165) is 55.3 Å². The summed E-state index contributed by atoms with van der Waals surface area (Å²) >= 11 is 0. The highest BCUT2D eigenvalue weighted by Gasteiger charge is 2.55. The van der Waals surface area contributed by atoms with Crippen LogP contribution in [0.5, 0.6) is 0 Å². The lowest BCUT2D eigenvalue weighted by Gasteiger charge is -2.35. The first kappa shape index (κ1) is 28.9. The number of rotatable bonds is 8. The highest BCUT2D eigenvalue weighted by atomic mass is 19.1. The van der Waals surface area contributed by atoms with Crippen LogP contribution in [-0.2, 0) is 0 Å². The smallest absolute Gasteiger partial charge is 0.182 e. The van der Waals surface area contributed by atoms with Crippen LogP contribution in [0, 0.1) is 22.7 Å². The summed E-state index contributed by atoms with van der Waals surface area (Å²) < 4.78 is 18.6. The first-order valence-electron chi connectivity index (χ1n) is 16.7. The molecule has 5 aliphatic rings. The molecule has 5 rings (SSSR count). The fourth-order valence-electron chi connectivity index (χ4n) is 9.61. The molecule has 216 valence electrons. The van der Waals surface area contributed by atoms with Gasteiger partial charge in [-0.1, -0.05) is 53.0 Å². The minimum Gasteiger partial charge on any atom is -0.371 e. The third-order valence-corrected chi connectivity index (χ3v) is 12.1. The zero-order chi connectivity index (χ0) is 27.8. The molecule has 3 aliphatic carbocycles. The van der Waals surface area contributed by atoms with Crippen LogP contribution in [0.1, 0.15) is 125 Å². The SMILES string of the molecule is CCC[N+]1=C(/C=C/C2=C(F)C(=C/C=C3/N(CC)C4CCCCC4C3(C)CC)/CC2)C(C)(CC)C2CCCCC21. The van der Waals surface area contributed by atoms with E-state index in [0.29, 0.717) is 12.1 Å². The number of fused-ring (bicyclic) bond motifs is 2. The second-order valence-corrected chi connectivity index (χ2v) is 13.7. The molecule has 0 N–H and O–H groups in total. The van der Waals surface area contributed by atoms with E-state index in [1.165, 1.54) is 75.6 Å². The van der Waals surface area contributed by atoms with Gasteiger partial charge in [-0.2, -0.15) is 0 Å². The average Bonchev–Trinajstić information content (AvgIpc) is 3.53. The van der Waals surface area contributed by atoms with Gasteiger partial charge < -0.3 is 4.90 Å². The fourth-order valence-corrected chi connectivity index (χ4v) is 9.61. The maximum Gasteiger partial charge on any atom is 0.182 e. The predicted molar refractivity (Wildman–Crippen MR) is 164 cm³/mol. The summed E-state index contributed by atoms with van der Waals surface area (Å²) in [4.78, 5) is 2.67. The van der Waals surface area contributed by atoms with Crippen molar-refractivity contribution < 1.29 is 8.97 Å². The van der Waals surface area contributed by atoms with Crippen molar-refractivity contribution in [3.8, 4) is 0 Å². The quantitative estimate of drug-likeness (QED) is 0.280. The van der Waals surface area contributed by atoms with Crippen molar-refractivity contribution in [2.75, 3.05) is 13.1 Å². The van der Waals surface area contributed by atoms with Crippen LogP contribution in [0.2, 0.25) is 0 Å². The second-order valence-electron chi connectivity index (χ2n) is 13.7. The maximum atomic E-state index is 15.9. The average molecular weight is 536 g/mol. The summed E-state index contributed by atoms with van der Waals surface area (Å²) in [6.07, 6.45) is 24.9. The van der Waals surface area contributed by atoms with Crippen LogP contribution in [0.25, 0.3) is 0 Å². The number of halogens is 1. The molecule has 6 unspecified atom stereocenters. The molecular formula is C36H56FN2+. The topological polar surface area (TPSA) is 6.25 Å². The summed E-state index contributed by atoms with van der Waals surface area (Å²) in [5.74, 6) is 1.53. The van der Waals surface area contributed by atoms with E-state index in [2.05, 4.69) is 75.3 Å². The zero-order valence-corrected chi connectivity index (χ0v) is 26.0. The Bertz CT molecular complexity index is 1080. The summed E-state index contributed by atoms with van der Waals surface area (Å²) in [6, 6.07) is 1.35. The number of likely N-dealkylation sites (tertiary alicyclic amines) is 1. The van der Waals surface area contributed by atoms with Gasteiger partial charge in [0.1, 0.15) is 12.4 Å². The number of nitrogens with zero attached hydrogens (tertiary/aromatic N) is 2. The molecule has 1 saturated heterocycles. The summed E-state index contributed by atoms with van der Waals surface area (Å²) in [6.45, 7) is 16.5. The van der Waals surface area contributed by atoms with E-state index in [-0.39, 0.29) is 16.7 Å². The van der Waals surface area contributed by atoms with Crippen molar-refractivity contribution in [1.82, 2.24) is 4.90 Å². The molecule has 0 amide bonds. The van der Waals surface area contributed by atoms with Gasteiger partial charge >= 0.3 is 0 Å². The molecular weight excluding hydrogens is 479 g/mol. The Labute approximate surface area is 239 Å². The van der Waals surface area contributed by atoms with Crippen molar-refractivity contribution in [3.63, 3.8) is 0 Å². The normalized spacial score (nSPS) is 39.1.